The molecule has 2 aromatic carbocycles. The first-order chi connectivity index (χ1) is 14.2. The van der Waals surface area contributed by atoms with Gasteiger partial charge in [0.05, 0.1) is 36.5 Å². The number of hydrogen-bond acceptors (Lipinski definition) is 6. The first-order valence-electron chi connectivity index (χ1n) is 8.98. The highest BCUT2D eigenvalue weighted by atomic mass is 32.1. The lowest BCUT2D eigenvalue weighted by molar-refractivity contribution is 0.0982. The summed E-state index contributed by atoms with van der Waals surface area (Å²) < 4.78 is 11.8. The number of ether oxygens (including phenoxy) is 2. The highest BCUT2D eigenvalue weighted by Gasteiger charge is 2.25. The molecule has 0 saturated heterocycles. The zero-order valence-electron chi connectivity index (χ0n) is 16.0. The summed E-state index contributed by atoms with van der Waals surface area (Å²) in [6.07, 6.45) is 3.45. The summed E-state index contributed by atoms with van der Waals surface area (Å²) >= 11 is 1.47. The van der Waals surface area contributed by atoms with Gasteiger partial charge in [-0.3, -0.25) is 14.7 Å². The fourth-order valence-electron chi connectivity index (χ4n) is 3.00. The third-order valence-corrected chi connectivity index (χ3v) is 5.52. The number of anilines is 1. The number of methoxy groups -OCH3 is 2. The topological polar surface area (TPSA) is 64.6 Å². The lowest BCUT2D eigenvalue weighted by Gasteiger charge is -2.21. The van der Waals surface area contributed by atoms with E-state index in [1.165, 1.54) is 11.3 Å². The van der Waals surface area contributed by atoms with Crippen LogP contribution in [0.1, 0.15) is 15.9 Å². The van der Waals surface area contributed by atoms with Crippen molar-refractivity contribution in [1.82, 2.24) is 9.97 Å². The van der Waals surface area contributed by atoms with Crippen molar-refractivity contribution in [1.29, 1.82) is 0 Å². The molecule has 0 aliphatic rings. The van der Waals surface area contributed by atoms with Crippen LogP contribution in [0.25, 0.3) is 10.2 Å². The van der Waals surface area contributed by atoms with Crippen molar-refractivity contribution in [3.8, 4) is 11.5 Å². The first kappa shape index (κ1) is 18.9. The predicted octanol–water partition coefficient (Wildman–Crippen LogP) is 4.56. The molecule has 0 fully saturated rings. The van der Waals surface area contributed by atoms with E-state index >= 15 is 0 Å². The Morgan fingerprint density at radius 3 is 2.66 bits per heavy atom. The zero-order valence-corrected chi connectivity index (χ0v) is 16.8. The van der Waals surface area contributed by atoms with Crippen LogP contribution < -0.4 is 14.4 Å². The van der Waals surface area contributed by atoms with Gasteiger partial charge in [-0.2, -0.15) is 0 Å². The molecule has 146 valence electrons. The number of fused-ring (bicyclic) bond motifs is 1. The highest BCUT2D eigenvalue weighted by molar-refractivity contribution is 7.22. The maximum Gasteiger partial charge on any atom is 0.264 e. The molecule has 0 aliphatic carbocycles. The highest BCUT2D eigenvalue weighted by Crippen LogP contribution is 2.33. The summed E-state index contributed by atoms with van der Waals surface area (Å²) in [5.41, 5.74) is 2.17. The van der Waals surface area contributed by atoms with Crippen molar-refractivity contribution in [3.05, 3.63) is 78.1 Å². The van der Waals surface area contributed by atoms with E-state index < -0.39 is 0 Å². The quantitative estimate of drug-likeness (QED) is 0.471. The van der Waals surface area contributed by atoms with E-state index in [4.69, 9.17) is 9.47 Å². The minimum Gasteiger partial charge on any atom is -0.497 e. The Kier molecular flexibility index (Phi) is 5.39. The SMILES string of the molecule is COc1ccc(OC)c(C(=O)N(Cc2cccnc2)c2nc3ccccc3s2)c1. The molecule has 0 spiro atoms. The van der Waals surface area contributed by atoms with Gasteiger partial charge >= 0.3 is 0 Å². The maximum atomic E-state index is 13.6. The molecule has 0 bridgehead atoms. The van der Waals surface area contributed by atoms with E-state index in [1.54, 1.807) is 49.7 Å². The number of hydrogen-bond donors (Lipinski definition) is 0. The summed E-state index contributed by atoms with van der Waals surface area (Å²) in [6.45, 7) is 0.340. The summed E-state index contributed by atoms with van der Waals surface area (Å²) in [6, 6.07) is 16.8. The zero-order chi connectivity index (χ0) is 20.2. The third-order valence-electron chi connectivity index (χ3n) is 4.46. The molecule has 2 heterocycles. The molecule has 0 aliphatic heterocycles. The number of amides is 1. The Morgan fingerprint density at radius 2 is 1.93 bits per heavy atom. The maximum absolute atomic E-state index is 13.6. The summed E-state index contributed by atoms with van der Waals surface area (Å²) in [5, 5.41) is 0.616. The Bertz CT molecular complexity index is 1110. The van der Waals surface area contributed by atoms with Crippen LogP contribution in [0, 0.1) is 0 Å². The number of thiazole rings is 1. The van der Waals surface area contributed by atoms with Crippen LogP contribution in [-0.4, -0.2) is 30.1 Å². The lowest BCUT2D eigenvalue weighted by Crippen LogP contribution is -2.30. The molecule has 0 N–H and O–H groups in total. The molecular formula is C22H19N3O3S. The molecule has 7 heteroatoms. The van der Waals surface area contributed by atoms with Gasteiger partial charge in [0, 0.05) is 12.4 Å². The molecule has 29 heavy (non-hydrogen) atoms. The molecule has 4 aromatic rings. The van der Waals surface area contributed by atoms with Gasteiger partial charge in [-0.15, -0.1) is 0 Å². The Balaban J connectivity index is 1.80. The minimum atomic E-state index is -0.219. The van der Waals surface area contributed by atoms with Gasteiger partial charge < -0.3 is 9.47 Å². The largest absolute Gasteiger partial charge is 0.497 e. The average molecular weight is 405 g/mol. The van der Waals surface area contributed by atoms with Gasteiger partial charge in [0.15, 0.2) is 5.13 Å². The number of carbonyl (C=O) groups excluding carboxylic acids is 1. The molecule has 6 nitrogen and oxygen atoms in total. The standard InChI is InChI=1S/C22H19N3O3S/c1-27-16-9-10-19(28-2)17(12-16)21(26)25(14-15-6-5-11-23-13-15)22-24-18-7-3-4-8-20(18)29-22/h3-13H,14H2,1-2H3. The van der Waals surface area contributed by atoms with Gasteiger partial charge in [0.1, 0.15) is 11.5 Å². The Morgan fingerprint density at radius 1 is 1.07 bits per heavy atom. The van der Waals surface area contributed by atoms with Gasteiger partial charge in [0.25, 0.3) is 5.91 Å². The normalized spacial score (nSPS) is 10.7. The second-order valence-corrected chi connectivity index (χ2v) is 7.29. The van der Waals surface area contributed by atoms with E-state index in [0.717, 1.165) is 15.8 Å². The third kappa shape index (κ3) is 3.90. The van der Waals surface area contributed by atoms with Crippen molar-refractivity contribution >= 4 is 32.6 Å². The van der Waals surface area contributed by atoms with Crippen molar-refractivity contribution in [3.63, 3.8) is 0 Å². The number of benzene rings is 2. The summed E-state index contributed by atoms with van der Waals surface area (Å²) in [7, 11) is 3.11. The van der Waals surface area contributed by atoms with E-state index in [0.29, 0.717) is 28.7 Å². The lowest BCUT2D eigenvalue weighted by atomic mass is 10.1. The van der Waals surface area contributed by atoms with E-state index in [9.17, 15) is 4.79 Å². The van der Waals surface area contributed by atoms with Crippen molar-refractivity contribution < 1.29 is 14.3 Å². The molecule has 4 rings (SSSR count). The second-order valence-electron chi connectivity index (χ2n) is 6.28. The van der Waals surface area contributed by atoms with Crippen molar-refractivity contribution in [2.24, 2.45) is 0 Å². The molecule has 0 unspecified atom stereocenters. The monoisotopic (exact) mass is 405 g/mol. The molecule has 2 aromatic heterocycles. The van der Waals surface area contributed by atoms with Crippen molar-refractivity contribution in [2.45, 2.75) is 6.54 Å². The van der Waals surface area contributed by atoms with Crippen LogP contribution >= 0.6 is 11.3 Å². The van der Waals surface area contributed by atoms with Gasteiger partial charge in [0.2, 0.25) is 0 Å². The predicted molar refractivity (Wildman–Crippen MR) is 114 cm³/mol. The number of nitrogens with zero attached hydrogens (tertiary/aromatic N) is 3. The Labute approximate surface area is 172 Å². The smallest absolute Gasteiger partial charge is 0.264 e. The average Bonchev–Trinajstić information content (AvgIpc) is 3.21. The number of rotatable bonds is 6. The van der Waals surface area contributed by atoms with Gasteiger partial charge in [-0.1, -0.05) is 29.5 Å². The number of aromatic nitrogens is 2. The van der Waals surface area contributed by atoms with Gasteiger partial charge in [-0.25, -0.2) is 4.98 Å². The van der Waals surface area contributed by atoms with Crippen LogP contribution in [0.2, 0.25) is 0 Å². The molecule has 1 amide bonds. The van der Waals surface area contributed by atoms with Crippen LogP contribution in [-0.2, 0) is 6.54 Å². The summed E-state index contributed by atoms with van der Waals surface area (Å²) in [4.78, 5) is 24.1. The molecule has 0 atom stereocenters. The Hall–Kier alpha value is -3.45. The van der Waals surface area contributed by atoms with E-state index in [2.05, 4.69) is 9.97 Å². The molecule has 0 saturated carbocycles. The minimum absolute atomic E-state index is 0.219. The van der Waals surface area contributed by atoms with Crippen LogP contribution in [0.5, 0.6) is 11.5 Å². The van der Waals surface area contributed by atoms with E-state index in [-0.39, 0.29) is 5.91 Å². The fourth-order valence-corrected chi connectivity index (χ4v) is 3.97. The molecule has 0 radical (unpaired) electrons. The van der Waals surface area contributed by atoms with E-state index in [1.807, 2.05) is 36.4 Å². The van der Waals surface area contributed by atoms with Gasteiger partial charge in [-0.05, 0) is 42.0 Å². The fraction of sp³-hybridized carbons (Fsp3) is 0.136. The number of pyridine rings is 1. The number of carbonyl (C=O) groups is 1. The van der Waals surface area contributed by atoms with Crippen LogP contribution in [0.4, 0.5) is 5.13 Å². The van der Waals surface area contributed by atoms with Crippen LogP contribution in [0.15, 0.2) is 67.0 Å². The number of para-hydroxylation sites is 1. The van der Waals surface area contributed by atoms with Crippen molar-refractivity contribution in [2.75, 3.05) is 19.1 Å². The summed E-state index contributed by atoms with van der Waals surface area (Å²) in [5.74, 6) is 0.844. The van der Waals surface area contributed by atoms with Crippen LogP contribution in [0.3, 0.4) is 0 Å². The molecular weight excluding hydrogens is 386 g/mol. The first-order valence-corrected chi connectivity index (χ1v) is 9.79. The second kappa shape index (κ2) is 8.28.